The molecule has 1 aliphatic rings. The van der Waals surface area contributed by atoms with Crippen molar-refractivity contribution in [1.82, 2.24) is 0 Å². The third-order valence-corrected chi connectivity index (χ3v) is 5.48. The van der Waals surface area contributed by atoms with Gasteiger partial charge in [-0.25, -0.2) is 4.79 Å². The number of aromatic hydroxyl groups is 1. The number of para-hydroxylation sites is 1. The molecule has 1 aliphatic heterocycles. The first-order valence-corrected chi connectivity index (χ1v) is 10.6. The monoisotopic (exact) mass is 443 g/mol. The summed E-state index contributed by atoms with van der Waals surface area (Å²) in [4.78, 5) is 15.6. The molecule has 0 aromatic heterocycles. The number of methoxy groups -OCH3 is 1. The highest BCUT2D eigenvalue weighted by Crippen LogP contribution is 2.37. The van der Waals surface area contributed by atoms with Gasteiger partial charge in [0.05, 0.1) is 51.8 Å². The van der Waals surface area contributed by atoms with Crippen LogP contribution in [0.4, 0.5) is 0 Å². The number of phenolic OH excluding ortho intramolecular Hbond substituents is 1. The van der Waals surface area contributed by atoms with Crippen LogP contribution in [-0.4, -0.2) is 92.5 Å². The highest BCUT2D eigenvalue weighted by Gasteiger charge is 2.39. The fourth-order valence-corrected chi connectivity index (χ4v) is 3.64. The van der Waals surface area contributed by atoms with E-state index in [2.05, 4.69) is 4.99 Å². The molecule has 30 heavy (non-hydrogen) atoms. The Balaban J connectivity index is 1.67. The van der Waals surface area contributed by atoms with Gasteiger partial charge in [0.25, 0.3) is 0 Å². The van der Waals surface area contributed by atoms with Crippen LogP contribution in [0.15, 0.2) is 23.2 Å². The fourth-order valence-electron chi connectivity index (χ4n) is 2.45. The Morgan fingerprint density at radius 2 is 1.67 bits per heavy atom. The second-order valence-corrected chi connectivity index (χ2v) is 7.58. The number of hydrogen-bond donors (Lipinski definition) is 2. The molecule has 0 fully saturated rings. The van der Waals surface area contributed by atoms with Crippen LogP contribution >= 0.6 is 11.8 Å². The maximum Gasteiger partial charge on any atom is 0.332 e. The zero-order chi connectivity index (χ0) is 21.8. The first-order valence-electron chi connectivity index (χ1n) is 9.61. The van der Waals surface area contributed by atoms with Gasteiger partial charge in [0.1, 0.15) is 11.7 Å². The number of hydrogen-bond acceptors (Lipinski definition) is 9. The fraction of sp³-hybridized carbons (Fsp3) is 0.600. The maximum atomic E-state index is 11.4. The molecular weight excluding hydrogens is 414 g/mol. The number of thioether (sulfide) groups is 1. The van der Waals surface area contributed by atoms with Gasteiger partial charge in [-0.3, -0.25) is 4.99 Å². The summed E-state index contributed by atoms with van der Waals surface area (Å²) in [7, 11) is 1.62. The van der Waals surface area contributed by atoms with Gasteiger partial charge in [0.15, 0.2) is 17.0 Å². The number of nitrogens with zero attached hydrogens (tertiary/aromatic N) is 1. The number of aliphatic imine (C=N–C) groups is 1. The summed E-state index contributed by atoms with van der Waals surface area (Å²) in [5.41, 5.74) is -0.723. The van der Waals surface area contributed by atoms with Crippen molar-refractivity contribution in [3.63, 3.8) is 0 Å². The number of ether oxygens (including phenoxy) is 5. The van der Waals surface area contributed by atoms with Gasteiger partial charge in [0.2, 0.25) is 0 Å². The van der Waals surface area contributed by atoms with Gasteiger partial charge in [0, 0.05) is 12.9 Å². The molecule has 168 valence electrons. The van der Waals surface area contributed by atoms with Crippen molar-refractivity contribution in [3.05, 3.63) is 23.8 Å². The lowest BCUT2D eigenvalue weighted by molar-refractivity contribution is -0.141. The highest BCUT2D eigenvalue weighted by molar-refractivity contribution is 8.14. The molecule has 0 saturated carbocycles. The van der Waals surface area contributed by atoms with Crippen LogP contribution in [0.5, 0.6) is 11.5 Å². The molecule has 0 saturated heterocycles. The topological polar surface area (TPSA) is 116 Å². The molecule has 1 atom stereocenters. The Labute approximate surface area is 180 Å². The van der Waals surface area contributed by atoms with Crippen molar-refractivity contribution >= 4 is 22.8 Å². The van der Waals surface area contributed by atoms with Gasteiger partial charge in [-0.1, -0.05) is 6.07 Å². The molecule has 0 unspecified atom stereocenters. The third kappa shape index (κ3) is 7.44. The zero-order valence-corrected chi connectivity index (χ0v) is 18.1. The van der Waals surface area contributed by atoms with Crippen LogP contribution in [0.2, 0.25) is 0 Å². The lowest BCUT2D eigenvalue weighted by Gasteiger charge is -2.12. The number of rotatable bonds is 15. The van der Waals surface area contributed by atoms with E-state index in [0.29, 0.717) is 68.4 Å². The lowest BCUT2D eigenvalue weighted by Crippen LogP contribution is -2.33. The number of carboxylic acids is 1. The van der Waals surface area contributed by atoms with Crippen molar-refractivity contribution in [1.29, 1.82) is 0 Å². The van der Waals surface area contributed by atoms with E-state index in [1.54, 1.807) is 32.2 Å². The Morgan fingerprint density at radius 3 is 2.23 bits per heavy atom. The molecule has 0 bridgehead atoms. The van der Waals surface area contributed by atoms with Crippen LogP contribution in [0.1, 0.15) is 12.5 Å². The van der Waals surface area contributed by atoms with Gasteiger partial charge < -0.3 is 33.9 Å². The maximum absolute atomic E-state index is 11.4. The molecule has 0 spiro atoms. The van der Waals surface area contributed by atoms with Gasteiger partial charge in [-0.2, -0.15) is 0 Å². The van der Waals surface area contributed by atoms with E-state index in [4.69, 9.17) is 23.7 Å². The van der Waals surface area contributed by atoms with E-state index in [-0.39, 0.29) is 12.4 Å². The average Bonchev–Trinajstić information content (AvgIpc) is 3.13. The lowest BCUT2D eigenvalue weighted by atomic mass is 10.1. The van der Waals surface area contributed by atoms with E-state index in [1.807, 2.05) is 0 Å². The standard InChI is InChI=1S/C20H29NO8S/c1-20(19(23)24)14-30-18(21-20)15-4-3-5-16(17(15)22)29-13-12-28-11-10-27-9-8-26-7-6-25-2/h3-5,22H,6-14H2,1-2H3,(H,23,24)/t20-/m1/s1. The normalized spacial score (nSPS) is 18.4. The number of aliphatic carboxylic acids is 1. The van der Waals surface area contributed by atoms with Crippen LogP contribution in [-0.2, 0) is 23.7 Å². The molecule has 0 aliphatic carbocycles. The second kappa shape index (κ2) is 12.8. The third-order valence-electron chi connectivity index (χ3n) is 4.19. The Hall–Kier alpha value is -1.85. The van der Waals surface area contributed by atoms with E-state index in [1.165, 1.54) is 11.8 Å². The van der Waals surface area contributed by atoms with Crippen LogP contribution in [0, 0.1) is 0 Å². The average molecular weight is 444 g/mol. The summed E-state index contributed by atoms with van der Waals surface area (Å²) in [6, 6.07) is 5.06. The van der Waals surface area contributed by atoms with E-state index in [9.17, 15) is 15.0 Å². The number of carboxylic acid groups (broad SMARTS) is 1. The Kier molecular flexibility index (Phi) is 10.4. The number of phenols is 1. The van der Waals surface area contributed by atoms with E-state index < -0.39 is 11.5 Å². The Morgan fingerprint density at radius 1 is 1.07 bits per heavy atom. The molecule has 1 heterocycles. The molecule has 9 nitrogen and oxygen atoms in total. The first kappa shape index (κ1) is 24.4. The predicted octanol–water partition coefficient (Wildman–Crippen LogP) is 1.80. The molecule has 0 amide bonds. The van der Waals surface area contributed by atoms with E-state index >= 15 is 0 Å². The van der Waals surface area contributed by atoms with Crippen molar-refractivity contribution < 1.29 is 38.7 Å². The van der Waals surface area contributed by atoms with Crippen molar-refractivity contribution in [2.24, 2.45) is 4.99 Å². The minimum atomic E-state index is -1.19. The van der Waals surface area contributed by atoms with Crippen LogP contribution in [0.25, 0.3) is 0 Å². The summed E-state index contributed by atoms with van der Waals surface area (Å²) in [6.45, 7) is 5.14. The minimum absolute atomic E-state index is 0.0600. The predicted molar refractivity (Wildman–Crippen MR) is 113 cm³/mol. The molecule has 2 N–H and O–H groups in total. The van der Waals surface area contributed by atoms with Crippen LogP contribution < -0.4 is 4.74 Å². The summed E-state index contributed by atoms with van der Waals surface area (Å²) < 4.78 is 26.6. The molecule has 0 radical (unpaired) electrons. The molecule has 1 aromatic carbocycles. The quantitative estimate of drug-likeness (QED) is 0.391. The Bertz CT molecular complexity index is 714. The largest absolute Gasteiger partial charge is 0.504 e. The number of carbonyl (C=O) groups is 1. The summed E-state index contributed by atoms with van der Waals surface area (Å²) >= 11 is 1.30. The summed E-state index contributed by atoms with van der Waals surface area (Å²) in [6.07, 6.45) is 0. The SMILES string of the molecule is COCCOCCOCCOCCOc1cccc(C2=N[C@@](C)(C(=O)O)CS2)c1O. The van der Waals surface area contributed by atoms with Crippen molar-refractivity contribution in [2.75, 3.05) is 65.7 Å². The summed E-state index contributed by atoms with van der Waals surface area (Å²) in [5, 5.41) is 20.3. The smallest absolute Gasteiger partial charge is 0.332 e. The molecule has 1 aromatic rings. The second-order valence-electron chi connectivity index (χ2n) is 6.62. The van der Waals surface area contributed by atoms with Gasteiger partial charge in [-0.05, 0) is 19.1 Å². The van der Waals surface area contributed by atoms with Gasteiger partial charge in [-0.15, -0.1) is 11.8 Å². The van der Waals surface area contributed by atoms with Gasteiger partial charge >= 0.3 is 5.97 Å². The van der Waals surface area contributed by atoms with Crippen molar-refractivity contribution in [3.8, 4) is 11.5 Å². The molecule has 10 heteroatoms. The first-order chi connectivity index (χ1) is 14.5. The van der Waals surface area contributed by atoms with E-state index in [0.717, 1.165) is 0 Å². The van der Waals surface area contributed by atoms with Crippen molar-refractivity contribution in [2.45, 2.75) is 12.5 Å². The molecule has 2 rings (SSSR count). The molecular formula is C20H29NO8S. The summed E-state index contributed by atoms with van der Waals surface area (Å²) in [5.74, 6) is -0.434. The number of benzene rings is 1. The minimum Gasteiger partial charge on any atom is -0.504 e. The van der Waals surface area contributed by atoms with Crippen LogP contribution in [0.3, 0.4) is 0 Å². The zero-order valence-electron chi connectivity index (χ0n) is 17.3. The highest BCUT2D eigenvalue weighted by atomic mass is 32.2.